The zero-order valence-corrected chi connectivity index (χ0v) is 13.1. The van der Waals surface area contributed by atoms with Crippen molar-refractivity contribution in [2.24, 2.45) is 5.92 Å². The Kier molecular flexibility index (Phi) is 4.23. The largest absolute Gasteiger partial charge is 0.480 e. The fourth-order valence-corrected chi connectivity index (χ4v) is 3.40. The third-order valence-corrected chi connectivity index (χ3v) is 5.17. The molecule has 1 N–H and O–H groups in total. The lowest BCUT2D eigenvalue weighted by molar-refractivity contribution is -0.153. The molecule has 1 aliphatic carbocycles. The molecule has 3 aliphatic rings. The average molecular weight is 308 g/mol. The average Bonchev–Trinajstić information content (AvgIpc) is 3.24. The minimum Gasteiger partial charge on any atom is -0.480 e. The first-order valence-corrected chi connectivity index (χ1v) is 8.06. The van der Waals surface area contributed by atoms with E-state index in [9.17, 15) is 14.7 Å². The topological polar surface area (TPSA) is 70.1 Å². The van der Waals surface area contributed by atoms with Gasteiger partial charge in [0.1, 0.15) is 5.54 Å². The third kappa shape index (κ3) is 2.90. The highest BCUT2D eigenvalue weighted by molar-refractivity contribution is 5.88. The van der Waals surface area contributed by atoms with E-state index in [1.165, 1.54) is 18.4 Å². The van der Waals surface area contributed by atoms with Gasteiger partial charge in [0.2, 0.25) is 5.91 Å². The SMILES string of the molecule is C/C(=C\C(=O)N1CCN(C2(C(=O)O)CCOC2)CC1)C1CC1. The summed E-state index contributed by atoms with van der Waals surface area (Å²) in [4.78, 5) is 27.7. The molecular formula is C16H24N2O4. The molecule has 0 spiro atoms. The first-order valence-electron chi connectivity index (χ1n) is 8.06. The van der Waals surface area contributed by atoms with E-state index < -0.39 is 11.5 Å². The van der Waals surface area contributed by atoms with Gasteiger partial charge in [0.15, 0.2) is 0 Å². The highest BCUT2D eigenvalue weighted by Gasteiger charge is 2.48. The van der Waals surface area contributed by atoms with Crippen LogP contribution in [0, 0.1) is 5.92 Å². The van der Waals surface area contributed by atoms with Crippen LogP contribution in [-0.2, 0) is 14.3 Å². The Morgan fingerprint density at radius 1 is 1.23 bits per heavy atom. The van der Waals surface area contributed by atoms with E-state index in [1.54, 1.807) is 6.08 Å². The summed E-state index contributed by atoms with van der Waals surface area (Å²) in [7, 11) is 0. The van der Waals surface area contributed by atoms with Crippen molar-refractivity contribution in [3.05, 3.63) is 11.6 Å². The molecule has 6 heteroatoms. The molecule has 1 saturated carbocycles. The highest BCUT2D eigenvalue weighted by atomic mass is 16.5. The monoisotopic (exact) mass is 308 g/mol. The van der Waals surface area contributed by atoms with Gasteiger partial charge in [0, 0.05) is 45.3 Å². The van der Waals surface area contributed by atoms with E-state index in [0.717, 1.165) is 0 Å². The summed E-state index contributed by atoms with van der Waals surface area (Å²) in [5.74, 6) is -0.137. The number of ether oxygens (including phenoxy) is 1. The van der Waals surface area contributed by atoms with Gasteiger partial charge < -0.3 is 14.7 Å². The molecule has 0 aromatic carbocycles. The molecule has 3 fully saturated rings. The number of carbonyl (C=O) groups excluding carboxylic acids is 1. The second-order valence-electron chi connectivity index (χ2n) is 6.61. The summed E-state index contributed by atoms with van der Waals surface area (Å²) in [6, 6.07) is 0. The summed E-state index contributed by atoms with van der Waals surface area (Å²) < 4.78 is 5.32. The van der Waals surface area contributed by atoms with E-state index in [0.29, 0.717) is 45.1 Å². The molecule has 0 bridgehead atoms. The first-order chi connectivity index (χ1) is 10.5. The van der Waals surface area contributed by atoms with Crippen LogP contribution in [0.1, 0.15) is 26.2 Å². The zero-order valence-electron chi connectivity index (χ0n) is 13.1. The summed E-state index contributed by atoms with van der Waals surface area (Å²) in [5, 5.41) is 9.57. The molecule has 0 radical (unpaired) electrons. The molecule has 2 aliphatic heterocycles. The number of piperazine rings is 1. The maximum atomic E-state index is 12.3. The van der Waals surface area contributed by atoms with Crippen LogP contribution in [0.2, 0.25) is 0 Å². The molecule has 6 nitrogen and oxygen atoms in total. The second kappa shape index (κ2) is 6.01. The van der Waals surface area contributed by atoms with Crippen LogP contribution >= 0.6 is 0 Å². The van der Waals surface area contributed by atoms with Crippen molar-refractivity contribution in [1.82, 2.24) is 9.80 Å². The number of nitrogens with zero attached hydrogens (tertiary/aromatic N) is 2. The molecule has 1 amide bonds. The van der Waals surface area contributed by atoms with Crippen molar-refractivity contribution in [3.63, 3.8) is 0 Å². The number of carboxylic acid groups (broad SMARTS) is 1. The van der Waals surface area contributed by atoms with E-state index in [4.69, 9.17) is 4.74 Å². The van der Waals surface area contributed by atoms with Crippen molar-refractivity contribution in [2.75, 3.05) is 39.4 Å². The van der Waals surface area contributed by atoms with Gasteiger partial charge in [-0.3, -0.25) is 14.5 Å². The Hall–Kier alpha value is -1.40. The molecule has 2 saturated heterocycles. The number of amides is 1. The number of rotatable bonds is 4. The maximum absolute atomic E-state index is 12.3. The van der Waals surface area contributed by atoms with Gasteiger partial charge in [-0.05, 0) is 25.7 Å². The summed E-state index contributed by atoms with van der Waals surface area (Å²) in [5.41, 5.74) is 0.285. The van der Waals surface area contributed by atoms with Gasteiger partial charge in [-0.15, -0.1) is 0 Å². The van der Waals surface area contributed by atoms with Gasteiger partial charge in [0.25, 0.3) is 0 Å². The smallest absolute Gasteiger partial charge is 0.326 e. The molecule has 122 valence electrons. The highest BCUT2D eigenvalue weighted by Crippen LogP contribution is 2.36. The summed E-state index contributed by atoms with van der Waals surface area (Å²) in [6.45, 7) is 5.13. The van der Waals surface area contributed by atoms with Crippen molar-refractivity contribution in [2.45, 2.75) is 31.7 Å². The van der Waals surface area contributed by atoms with Crippen molar-refractivity contribution in [1.29, 1.82) is 0 Å². The van der Waals surface area contributed by atoms with Gasteiger partial charge in [-0.1, -0.05) is 5.57 Å². The predicted molar refractivity (Wildman–Crippen MR) is 80.4 cm³/mol. The molecular weight excluding hydrogens is 284 g/mol. The fraction of sp³-hybridized carbons (Fsp3) is 0.750. The maximum Gasteiger partial charge on any atom is 0.326 e. The summed E-state index contributed by atoms with van der Waals surface area (Å²) >= 11 is 0. The van der Waals surface area contributed by atoms with Crippen molar-refractivity contribution in [3.8, 4) is 0 Å². The number of carbonyl (C=O) groups is 2. The van der Waals surface area contributed by atoms with Crippen LogP contribution in [-0.4, -0.2) is 71.7 Å². The Balaban J connectivity index is 1.59. The second-order valence-corrected chi connectivity index (χ2v) is 6.61. The Bertz CT molecular complexity index is 484. The number of hydrogen-bond acceptors (Lipinski definition) is 4. The number of hydrogen-bond donors (Lipinski definition) is 1. The van der Waals surface area contributed by atoms with E-state index in [1.807, 2.05) is 16.7 Å². The number of aliphatic carboxylic acids is 1. The van der Waals surface area contributed by atoms with Crippen molar-refractivity contribution < 1.29 is 19.4 Å². The standard InChI is InChI=1S/C16H24N2O4/c1-12(13-2-3-13)10-14(19)17-5-7-18(8-6-17)16(15(20)21)4-9-22-11-16/h10,13H,2-9,11H2,1H3,(H,20,21)/b12-10+. The molecule has 1 unspecified atom stereocenters. The quantitative estimate of drug-likeness (QED) is 0.775. The van der Waals surface area contributed by atoms with Crippen LogP contribution in [0.25, 0.3) is 0 Å². The van der Waals surface area contributed by atoms with Crippen LogP contribution in [0.3, 0.4) is 0 Å². The Morgan fingerprint density at radius 3 is 2.41 bits per heavy atom. The van der Waals surface area contributed by atoms with E-state index in [2.05, 4.69) is 0 Å². The molecule has 3 rings (SSSR count). The Morgan fingerprint density at radius 2 is 1.91 bits per heavy atom. The van der Waals surface area contributed by atoms with Crippen LogP contribution in [0.4, 0.5) is 0 Å². The number of allylic oxidation sites excluding steroid dienone is 1. The molecule has 0 aromatic rings. The molecule has 2 heterocycles. The van der Waals surface area contributed by atoms with Gasteiger partial charge in [0.05, 0.1) is 6.61 Å². The third-order valence-electron chi connectivity index (χ3n) is 5.17. The molecule has 22 heavy (non-hydrogen) atoms. The van der Waals surface area contributed by atoms with Crippen LogP contribution < -0.4 is 0 Å². The minimum absolute atomic E-state index is 0.0658. The molecule has 1 atom stereocenters. The van der Waals surface area contributed by atoms with Gasteiger partial charge >= 0.3 is 5.97 Å². The van der Waals surface area contributed by atoms with Crippen LogP contribution in [0.5, 0.6) is 0 Å². The zero-order chi connectivity index (χ0) is 15.7. The summed E-state index contributed by atoms with van der Waals surface area (Å²) in [6.07, 6.45) is 4.69. The lowest BCUT2D eigenvalue weighted by Crippen LogP contribution is -2.61. The van der Waals surface area contributed by atoms with Gasteiger partial charge in [-0.25, -0.2) is 0 Å². The first kappa shape index (κ1) is 15.5. The van der Waals surface area contributed by atoms with E-state index >= 15 is 0 Å². The van der Waals surface area contributed by atoms with Crippen molar-refractivity contribution >= 4 is 11.9 Å². The normalized spacial score (nSPS) is 30.6. The number of carboxylic acids is 1. The molecule has 0 aromatic heterocycles. The lowest BCUT2D eigenvalue weighted by atomic mass is 9.95. The predicted octanol–water partition coefficient (Wildman–Crippen LogP) is 0.731. The Labute approximate surface area is 130 Å². The minimum atomic E-state index is -0.894. The van der Waals surface area contributed by atoms with Crippen LogP contribution in [0.15, 0.2) is 11.6 Å². The lowest BCUT2D eigenvalue weighted by Gasteiger charge is -2.42. The van der Waals surface area contributed by atoms with Gasteiger partial charge in [-0.2, -0.15) is 0 Å². The van der Waals surface area contributed by atoms with E-state index in [-0.39, 0.29) is 12.5 Å². The fourth-order valence-electron chi connectivity index (χ4n) is 3.40.